The number of nitrogen functional groups attached to an aromatic ring is 1. The molecule has 3 rings (SSSR count). The molecule has 0 fully saturated rings. The number of anilines is 1. The van der Waals surface area contributed by atoms with Gasteiger partial charge in [0.05, 0.1) is 17.1 Å². The summed E-state index contributed by atoms with van der Waals surface area (Å²) in [6.45, 7) is 4.24. The van der Waals surface area contributed by atoms with E-state index in [9.17, 15) is 0 Å². The van der Waals surface area contributed by atoms with Crippen LogP contribution in [0.15, 0.2) is 30.3 Å². The number of hydrogen-bond acceptors (Lipinski definition) is 3. The lowest BCUT2D eigenvalue weighted by atomic mass is 10.2. The maximum atomic E-state index is 6.06. The van der Waals surface area contributed by atoms with Crippen LogP contribution in [0, 0.1) is 6.92 Å². The lowest BCUT2D eigenvalue weighted by molar-refractivity contribution is 0.680. The lowest BCUT2D eigenvalue weighted by Gasteiger charge is -2.14. The van der Waals surface area contributed by atoms with E-state index < -0.39 is 0 Å². The first-order valence-corrected chi connectivity index (χ1v) is 7.25. The molecule has 98 valence electrons. The number of halogens is 1. The van der Waals surface area contributed by atoms with E-state index in [4.69, 9.17) is 17.3 Å². The molecule has 1 aromatic carbocycles. The monoisotopic (exact) mass is 291 g/mol. The quantitative estimate of drug-likeness (QED) is 0.767. The summed E-state index contributed by atoms with van der Waals surface area (Å²) in [6, 6.07) is 10.1. The molecule has 0 saturated heterocycles. The molecule has 0 amide bonds. The molecule has 0 aliphatic carbocycles. The molecule has 2 heterocycles. The van der Waals surface area contributed by atoms with Crippen LogP contribution in [0.1, 0.15) is 22.7 Å². The van der Waals surface area contributed by atoms with Crippen LogP contribution in [0.25, 0.3) is 11.0 Å². The van der Waals surface area contributed by atoms with Crippen molar-refractivity contribution in [3.8, 4) is 0 Å². The highest BCUT2D eigenvalue weighted by atomic mass is 35.5. The number of imidazole rings is 1. The fourth-order valence-electron chi connectivity index (χ4n) is 2.30. The van der Waals surface area contributed by atoms with Crippen LogP contribution in [-0.2, 0) is 0 Å². The van der Waals surface area contributed by atoms with Gasteiger partial charge in [-0.3, -0.25) is 0 Å². The molecular formula is C14H14ClN3S. The molecule has 3 aromatic rings. The predicted octanol–water partition coefficient (Wildman–Crippen LogP) is 4.25. The van der Waals surface area contributed by atoms with Gasteiger partial charge in [-0.25, -0.2) is 4.98 Å². The molecule has 2 N–H and O–H groups in total. The molecule has 0 bridgehead atoms. The number of aromatic nitrogens is 2. The average molecular weight is 292 g/mol. The summed E-state index contributed by atoms with van der Waals surface area (Å²) in [7, 11) is 0. The largest absolute Gasteiger partial charge is 0.369 e. The summed E-state index contributed by atoms with van der Waals surface area (Å²) >= 11 is 7.78. The van der Waals surface area contributed by atoms with Crippen LogP contribution in [0.3, 0.4) is 0 Å². The Morgan fingerprint density at radius 1 is 1.32 bits per heavy atom. The Morgan fingerprint density at radius 2 is 2.11 bits per heavy atom. The molecule has 1 atom stereocenters. The normalized spacial score (nSPS) is 13.0. The van der Waals surface area contributed by atoms with Crippen molar-refractivity contribution in [2.24, 2.45) is 0 Å². The number of aryl methyl sites for hydroxylation is 1. The van der Waals surface area contributed by atoms with E-state index in [0.29, 0.717) is 11.0 Å². The summed E-state index contributed by atoms with van der Waals surface area (Å²) < 4.78 is 2.05. The number of rotatable bonds is 2. The first-order chi connectivity index (χ1) is 9.06. The van der Waals surface area contributed by atoms with Crippen LogP contribution < -0.4 is 5.73 Å². The minimum atomic E-state index is 0.171. The van der Waals surface area contributed by atoms with Crippen molar-refractivity contribution in [2.45, 2.75) is 19.9 Å². The topological polar surface area (TPSA) is 43.8 Å². The van der Waals surface area contributed by atoms with Crippen LogP contribution >= 0.6 is 22.9 Å². The van der Waals surface area contributed by atoms with Gasteiger partial charge in [0.15, 0.2) is 0 Å². The highest BCUT2D eigenvalue weighted by Gasteiger charge is 2.16. The summed E-state index contributed by atoms with van der Waals surface area (Å²) in [6.07, 6.45) is 0. The molecule has 0 spiro atoms. The van der Waals surface area contributed by atoms with Crippen molar-refractivity contribution in [3.05, 3.63) is 45.1 Å². The number of fused-ring (bicyclic) bond motifs is 1. The minimum absolute atomic E-state index is 0.171. The third-order valence-electron chi connectivity index (χ3n) is 3.24. The molecule has 0 radical (unpaired) electrons. The molecule has 0 aliphatic heterocycles. The average Bonchev–Trinajstić information content (AvgIpc) is 2.91. The number of thiophene rings is 1. The number of nitrogens with zero attached hydrogens (tertiary/aromatic N) is 2. The Kier molecular flexibility index (Phi) is 2.99. The van der Waals surface area contributed by atoms with Gasteiger partial charge in [-0.1, -0.05) is 11.6 Å². The first-order valence-electron chi connectivity index (χ1n) is 6.05. The van der Waals surface area contributed by atoms with Gasteiger partial charge in [0.25, 0.3) is 0 Å². The second-order valence-electron chi connectivity index (χ2n) is 4.60. The fourth-order valence-corrected chi connectivity index (χ4v) is 3.39. The Labute approximate surface area is 120 Å². The molecule has 1 unspecified atom stereocenters. The van der Waals surface area contributed by atoms with Gasteiger partial charge in [0.2, 0.25) is 5.95 Å². The van der Waals surface area contributed by atoms with E-state index >= 15 is 0 Å². The highest BCUT2D eigenvalue weighted by molar-refractivity contribution is 7.12. The Bertz CT molecular complexity index is 744. The van der Waals surface area contributed by atoms with Gasteiger partial charge in [-0.2, -0.15) is 0 Å². The molecule has 2 aromatic heterocycles. The Morgan fingerprint density at radius 3 is 2.79 bits per heavy atom. The van der Waals surface area contributed by atoms with E-state index in [1.54, 1.807) is 11.3 Å². The smallest absolute Gasteiger partial charge is 0.201 e. The second kappa shape index (κ2) is 4.54. The van der Waals surface area contributed by atoms with Gasteiger partial charge in [0, 0.05) is 14.8 Å². The van der Waals surface area contributed by atoms with E-state index in [1.165, 1.54) is 9.75 Å². The molecule has 0 aliphatic rings. The van der Waals surface area contributed by atoms with Crippen LogP contribution in [0.5, 0.6) is 0 Å². The summed E-state index contributed by atoms with van der Waals surface area (Å²) in [5.41, 5.74) is 7.91. The van der Waals surface area contributed by atoms with E-state index in [1.807, 2.05) is 18.2 Å². The number of nitrogens with two attached hydrogens (primary N) is 1. The van der Waals surface area contributed by atoms with Gasteiger partial charge in [0.1, 0.15) is 0 Å². The molecule has 5 heteroatoms. The first kappa shape index (κ1) is 12.5. The van der Waals surface area contributed by atoms with E-state index in [0.717, 1.165) is 11.0 Å². The van der Waals surface area contributed by atoms with Crippen LogP contribution in [0.4, 0.5) is 5.95 Å². The van der Waals surface area contributed by atoms with Gasteiger partial charge < -0.3 is 10.3 Å². The third-order valence-corrected chi connectivity index (χ3v) is 4.65. The van der Waals surface area contributed by atoms with Crippen molar-refractivity contribution in [3.63, 3.8) is 0 Å². The zero-order valence-electron chi connectivity index (χ0n) is 10.7. The Hall–Kier alpha value is -1.52. The van der Waals surface area contributed by atoms with Crippen LogP contribution in [-0.4, -0.2) is 9.55 Å². The van der Waals surface area contributed by atoms with Crippen molar-refractivity contribution in [1.29, 1.82) is 0 Å². The maximum absolute atomic E-state index is 6.06. The summed E-state index contributed by atoms with van der Waals surface area (Å²) in [5.74, 6) is 0.524. The fraction of sp³-hybridized carbons (Fsp3) is 0.214. The Balaban J connectivity index is 2.16. The summed E-state index contributed by atoms with van der Waals surface area (Å²) in [5, 5.41) is 0.678. The lowest BCUT2D eigenvalue weighted by Crippen LogP contribution is -2.08. The molecule has 0 saturated carbocycles. The summed E-state index contributed by atoms with van der Waals surface area (Å²) in [4.78, 5) is 6.96. The zero-order valence-corrected chi connectivity index (χ0v) is 12.3. The van der Waals surface area contributed by atoms with Crippen molar-refractivity contribution < 1.29 is 0 Å². The van der Waals surface area contributed by atoms with Crippen molar-refractivity contribution >= 4 is 39.9 Å². The zero-order chi connectivity index (χ0) is 13.6. The number of benzene rings is 1. The predicted molar refractivity (Wildman–Crippen MR) is 82.0 cm³/mol. The molecule has 3 nitrogen and oxygen atoms in total. The minimum Gasteiger partial charge on any atom is -0.369 e. The van der Waals surface area contributed by atoms with Crippen LogP contribution in [0.2, 0.25) is 5.02 Å². The van der Waals surface area contributed by atoms with Crippen molar-refractivity contribution in [2.75, 3.05) is 5.73 Å². The van der Waals surface area contributed by atoms with Gasteiger partial charge in [-0.05, 0) is 44.2 Å². The van der Waals surface area contributed by atoms with Crippen molar-refractivity contribution in [1.82, 2.24) is 9.55 Å². The van der Waals surface area contributed by atoms with Gasteiger partial charge >= 0.3 is 0 Å². The highest BCUT2D eigenvalue weighted by Crippen LogP contribution is 2.31. The van der Waals surface area contributed by atoms with E-state index in [-0.39, 0.29) is 6.04 Å². The SMILES string of the molecule is Cc1ccc(C(C)n2c(N)nc3cc(Cl)ccc32)s1. The van der Waals surface area contributed by atoms with E-state index in [2.05, 4.69) is 35.5 Å². The maximum Gasteiger partial charge on any atom is 0.201 e. The number of hydrogen-bond donors (Lipinski definition) is 1. The molecule has 19 heavy (non-hydrogen) atoms. The third kappa shape index (κ3) is 2.11. The standard InChI is InChI=1S/C14H14ClN3S/c1-8-3-6-13(19-8)9(2)18-12-5-4-10(15)7-11(12)17-14(18)16/h3-7,9H,1-2H3,(H2,16,17). The molecular weight excluding hydrogens is 278 g/mol. The second-order valence-corrected chi connectivity index (χ2v) is 6.35. The van der Waals surface area contributed by atoms with Gasteiger partial charge in [-0.15, -0.1) is 11.3 Å².